The van der Waals surface area contributed by atoms with Gasteiger partial charge in [0.25, 0.3) is 5.91 Å². The highest BCUT2D eigenvalue weighted by Gasteiger charge is 2.39. The quantitative estimate of drug-likeness (QED) is 0.894. The lowest BCUT2D eigenvalue weighted by Crippen LogP contribution is -2.46. The van der Waals surface area contributed by atoms with Crippen LogP contribution >= 0.6 is 11.6 Å². The molecule has 0 aliphatic carbocycles. The topological polar surface area (TPSA) is 81.1 Å². The first kappa shape index (κ1) is 17.0. The summed E-state index contributed by atoms with van der Waals surface area (Å²) in [7, 11) is -3.07. The zero-order valence-electron chi connectivity index (χ0n) is 13.2. The summed E-state index contributed by atoms with van der Waals surface area (Å²) in [4.78, 5) is 12.4. The second-order valence-electron chi connectivity index (χ2n) is 6.37. The lowest BCUT2D eigenvalue weighted by atomic mass is 10.0. The van der Waals surface area contributed by atoms with E-state index < -0.39 is 15.4 Å². The third-order valence-corrected chi connectivity index (χ3v) is 6.38. The van der Waals surface area contributed by atoms with E-state index >= 15 is 0 Å². The summed E-state index contributed by atoms with van der Waals surface area (Å²) in [6.07, 6.45) is 3.53. The molecular weight excluding hydrogens is 350 g/mol. The fourth-order valence-electron chi connectivity index (χ4n) is 2.82. The number of hydrogen-bond acceptors (Lipinski definition) is 4. The largest absolute Gasteiger partial charge is 0.346 e. The summed E-state index contributed by atoms with van der Waals surface area (Å²) in [6, 6.07) is 7.44. The second-order valence-corrected chi connectivity index (χ2v) is 8.97. The molecule has 1 amide bonds. The Bertz CT molecular complexity index is 878. The van der Waals surface area contributed by atoms with Crippen LogP contribution in [0.3, 0.4) is 0 Å². The minimum Gasteiger partial charge on any atom is -0.346 e. The molecule has 2 aromatic rings. The smallest absolute Gasteiger partial charge is 0.254 e. The lowest BCUT2D eigenvalue weighted by Gasteiger charge is -2.23. The molecule has 1 unspecified atom stereocenters. The number of aromatic nitrogens is 2. The molecule has 0 saturated carbocycles. The summed E-state index contributed by atoms with van der Waals surface area (Å²) in [5.41, 5.74) is 0.580. The van der Waals surface area contributed by atoms with Crippen molar-refractivity contribution in [3.05, 3.63) is 52.8 Å². The van der Waals surface area contributed by atoms with Crippen molar-refractivity contribution in [3.8, 4) is 0 Å². The normalized spacial score (nSPS) is 22.4. The predicted molar refractivity (Wildman–Crippen MR) is 91.9 cm³/mol. The van der Waals surface area contributed by atoms with Crippen LogP contribution in [0.15, 0.2) is 36.7 Å². The Morgan fingerprint density at radius 2 is 2.17 bits per heavy atom. The molecule has 8 heteroatoms. The molecule has 1 N–H and O–H groups in total. The van der Waals surface area contributed by atoms with Crippen LogP contribution in [0.25, 0.3) is 0 Å². The van der Waals surface area contributed by atoms with Crippen LogP contribution in [0, 0.1) is 0 Å². The Labute approximate surface area is 145 Å². The molecule has 0 bridgehead atoms. The molecule has 1 saturated heterocycles. The van der Waals surface area contributed by atoms with Gasteiger partial charge in [0.15, 0.2) is 9.84 Å². The third-order valence-electron chi connectivity index (χ3n) is 4.10. The van der Waals surface area contributed by atoms with E-state index in [0.29, 0.717) is 23.6 Å². The van der Waals surface area contributed by atoms with Crippen LogP contribution in [0.5, 0.6) is 0 Å². The molecule has 1 fully saturated rings. The Morgan fingerprint density at radius 3 is 2.83 bits per heavy atom. The fourth-order valence-corrected chi connectivity index (χ4v) is 5.11. The van der Waals surface area contributed by atoms with E-state index in [0.717, 1.165) is 5.56 Å². The molecule has 128 valence electrons. The van der Waals surface area contributed by atoms with Crippen molar-refractivity contribution < 1.29 is 13.2 Å². The van der Waals surface area contributed by atoms with Gasteiger partial charge >= 0.3 is 0 Å². The summed E-state index contributed by atoms with van der Waals surface area (Å²) < 4.78 is 24.9. The Hall–Kier alpha value is -1.86. The van der Waals surface area contributed by atoms with E-state index in [1.165, 1.54) is 6.20 Å². The van der Waals surface area contributed by atoms with E-state index in [-0.39, 0.29) is 17.4 Å². The molecule has 2 heterocycles. The standard InChI is InChI=1S/C16H18ClN3O3S/c1-16(6-7-24(22,23)11-16)19-15(21)13-8-18-20(10-13)9-12-4-2-3-5-14(12)17/h2-5,8,10H,6-7,9,11H2,1H3,(H,19,21). The first-order valence-corrected chi connectivity index (χ1v) is 9.75. The number of rotatable bonds is 4. The van der Waals surface area contributed by atoms with Crippen LogP contribution in [-0.4, -0.2) is 41.2 Å². The molecule has 24 heavy (non-hydrogen) atoms. The van der Waals surface area contributed by atoms with E-state index in [9.17, 15) is 13.2 Å². The molecule has 1 aromatic heterocycles. The molecule has 1 aliphatic heterocycles. The maximum Gasteiger partial charge on any atom is 0.254 e. The summed E-state index contributed by atoms with van der Waals surface area (Å²) in [5, 5.41) is 7.64. The number of amides is 1. The number of nitrogens with one attached hydrogen (secondary N) is 1. The maximum absolute atomic E-state index is 12.4. The lowest BCUT2D eigenvalue weighted by molar-refractivity contribution is 0.0915. The van der Waals surface area contributed by atoms with E-state index in [1.54, 1.807) is 23.9 Å². The van der Waals surface area contributed by atoms with Crippen molar-refractivity contribution in [2.45, 2.75) is 25.4 Å². The second kappa shape index (κ2) is 6.22. The molecule has 1 aliphatic rings. The van der Waals surface area contributed by atoms with Gasteiger partial charge in [-0.1, -0.05) is 29.8 Å². The van der Waals surface area contributed by atoms with Crippen molar-refractivity contribution in [1.29, 1.82) is 0 Å². The van der Waals surface area contributed by atoms with E-state index in [2.05, 4.69) is 10.4 Å². The SMILES string of the molecule is CC1(NC(=O)c2cnn(Cc3ccccc3Cl)c2)CCS(=O)(=O)C1. The van der Waals surface area contributed by atoms with Crippen molar-refractivity contribution in [3.63, 3.8) is 0 Å². The van der Waals surface area contributed by atoms with Crippen LogP contribution in [0.2, 0.25) is 5.02 Å². The zero-order chi connectivity index (χ0) is 17.4. The highest BCUT2D eigenvalue weighted by molar-refractivity contribution is 7.91. The summed E-state index contributed by atoms with van der Waals surface area (Å²) in [6.45, 7) is 2.21. The minimum atomic E-state index is -3.07. The fraction of sp³-hybridized carbons (Fsp3) is 0.375. The van der Waals surface area contributed by atoms with Crippen molar-refractivity contribution >= 4 is 27.3 Å². The first-order chi connectivity index (χ1) is 11.3. The van der Waals surface area contributed by atoms with E-state index in [1.807, 2.05) is 18.2 Å². The third kappa shape index (κ3) is 3.79. The highest BCUT2D eigenvalue weighted by atomic mass is 35.5. The monoisotopic (exact) mass is 367 g/mol. The van der Waals surface area contributed by atoms with E-state index in [4.69, 9.17) is 11.6 Å². The molecule has 0 spiro atoms. The molecule has 0 radical (unpaired) electrons. The van der Waals surface area contributed by atoms with Gasteiger partial charge in [-0.15, -0.1) is 0 Å². The van der Waals surface area contributed by atoms with Crippen LogP contribution < -0.4 is 5.32 Å². The van der Waals surface area contributed by atoms with Gasteiger partial charge in [0.1, 0.15) is 0 Å². The van der Waals surface area contributed by atoms with Gasteiger partial charge < -0.3 is 5.32 Å². The number of benzene rings is 1. The van der Waals surface area contributed by atoms with Crippen LogP contribution in [0.4, 0.5) is 0 Å². The molecule has 1 atom stereocenters. The minimum absolute atomic E-state index is 0.0283. The zero-order valence-corrected chi connectivity index (χ0v) is 14.8. The molecule has 6 nitrogen and oxygen atoms in total. The number of carbonyl (C=O) groups excluding carboxylic acids is 1. The number of hydrogen-bond donors (Lipinski definition) is 1. The summed E-state index contributed by atoms with van der Waals surface area (Å²) >= 11 is 6.12. The number of nitrogens with zero attached hydrogens (tertiary/aromatic N) is 2. The van der Waals surface area contributed by atoms with Gasteiger partial charge in [-0.2, -0.15) is 5.10 Å². The van der Waals surface area contributed by atoms with Crippen molar-refractivity contribution in [2.24, 2.45) is 0 Å². The molecule has 1 aromatic carbocycles. The Balaban J connectivity index is 1.69. The Kier molecular flexibility index (Phi) is 4.40. The number of sulfone groups is 1. The molecule has 3 rings (SSSR count). The summed E-state index contributed by atoms with van der Waals surface area (Å²) in [5.74, 6) is -0.241. The number of carbonyl (C=O) groups is 1. The van der Waals surface area contributed by atoms with Crippen molar-refractivity contribution in [1.82, 2.24) is 15.1 Å². The average Bonchev–Trinajstić information content (AvgIpc) is 3.06. The average molecular weight is 368 g/mol. The molecular formula is C16H18ClN3O3S. The van der Waals surface area contributed by atoms with Gasteiger partial charge in [0.2, 0.25) is 0 Å². The van der Waals surface area contributed by atoms with Gasteiger partial charge in [0.05, 0.1) is 35.3 Å². The maximum atomic E-state index is 12.4. The number of halogens is 1. The highest BCUT2D eigenvalue weighted by Crippen LogP contribution is 2.23. The van der Waals surface area contributed by atoms with Crippen molar-refractivity contribution in [2.75, 3.05) is 11.5 Å². The van der Waals surface area contributed by atoms with Crippen LogP contribution in [0.1, 0.15) is 29.3 Å². The van der Waals surface area contributed by atoms with Gasteiger partial charge in [0, 0.05) is 11.2 Å². The predicted octanol–water partition coefficient (Wildman–Crippen LogP) is 1.89. The van der Waals surface area contributed by atoms with Crippen LogP contribution in [-0.2, 0) is 16.4 Å². The Morgan fingerprint density at radius 1 is 1.42 bits per heavy atom. The van der Waals surface area contributed by atoms with Gasteiger partial charge in [-0.3, -0.25) is 9.48 Å². The first-order valence-electron chi connectivity index (χ1n) is 7.55. The van der Waals surface area contributed by atoms with Gasteiger partial charge in [-0.25, -0.2) is 8.42 Å². The van der Waals surface area contributed by atoms with Gasteiger partial charge in [-0.05, 0) is 25.0 Å².